The maximum absolute atomic E-state index is 6.18. The zero-order valence-corrected chi connectivity index (χ0v) is 12.1. The standard InChI is InChI=1S/C13H9Cl3N2O/c14-8-2-1-3-9(15)11(8)13-17-10-4-5-19-6-7(10)12(16)18-13/h1-3H,4-6H2. The first-order valence-corrected chi connectivity index (χ1v) is 6.87. The topological polar surface area (TPSA) is 35.0 Å². The van der Waals surface area contributed by atoms with E-state index < -0.39 is 0 Å². The lowest BCUT2D eigenvalue weighted by molar-refractivity contribution is 0.109. The minimum absolute atomic E-state index is 0.399. The second-order valence-corrected chi connectivity index (χ2v) is 5.33. The lowest BCUT2D eigenvalue weighted by Crippen LogP contribution is -2.14. The molecule has 1 aromatic heterocycles. The molecule has 2 aromatic rings. The molecular formula is C13H9Cl3N2O. The fourth-order valence-corrected chi connectivity index (χ4v) is 2.83. The monoisotopic (exact) mass is 314 g/mol. The van der Waals surface area contributed by atoms with Crippen LogP contribution in [0.1, 0.15) is 11.3 Å². The van der Waals surface area contributed by atoms with Crippen molar-refractivity contribution in [1.82, 2.24) is 9.97 Å². The molecule has 98 valence electrons. The third-order valence-electron chi connectivity index (χ3n) is 2.96. The van der Waals surface area contributed by atoms with Gasteiger partial charge in [-0.3, -0.25) is 0 Å². The van der Waals surface area contributed by atoms with Crippen LogP contribution < -0.4 is 0 Å². The normalized spacial score (nSPS) is 14.3. The summed E-state index contributed by atoms with van der Waals surface area (Å²) in [6.45, 7) is 1.08. The van der Waals surface area contributed by atoms with Gasteiger partial charge in [-0.05, 0) is 12.1 Å². The Hall–Kier alpha value is -0.870. The minimum Gasteiger partial charge on any atom is -0.376 e. The summed E-state index contributed by atoms with van der Waals surface area (Å²) in [5, 5.41) is 1.42. The number of hydrogen-bond donors (Lipinski definition) is 0. The van der Waals surface area contributed by atoms with Crippen LogP contribution in [-0.4, -0.2) is 16.6 Å². The van der Waals surface area contributed by atoms with Gasteiger partial charge in [0.25, 0.3) is 0 Å². The number of hydrogen-bond acceptors (Lipinski definition) is 3. The summed E-state index contributed by atoms with van der Waals surface area (Å²) in [4.78, 5) is 8.81. The van der Waals surface area contributed by atoms with Crippen molar-refractivity contribution in [1.29, 1.82) is 0 Å². The number of halogens is 3. The second kappa shape index (κ2) is 5.25. The Balaban J connectivity index is 2.19. The first-order valence-electron chi connectivity index (χ1n) is 5.74. The van der Waals surface area contributed by atoms with E-state index in [1.54, 1.807) is 18.2 Å². The van der Waals surface area contributed by atoms with Crippen molar-refractivity contribution in [3.63, 3.8) is 0 Å². The molecule has 0 unspecified atom stereocenters. The Bertz CT molecular complexity index is 626. The zero-order valence-electron chi connectivity index (χ0n) is 9.79. The van der Waals surface area contributed by atoms with Crippen molar-refractivity contribution < 1.29 is 4.74 Å². The lowest BCUT2D eigenvalue weighted by atomic mass is 10.1. The molecule has 0 radical (unpaired) electrons. The van der Waals surface area contributed by atoms with Gasteiger partial charge in [0.2, 0.25) is 0 Å². The number of fused-ring (bicyclic) bond motifs is 1. The van der Waals surface area contributed by atoms with Gasteiger partial charge in [0.1, 0.15) is 5.15 Å². The molecule has 3 nitrogen and oxygen atoms in total. The van der Waals surface area contributed by atoms with Crippen molar-refractivity contribution in [2.24, 2.45) is 0 Å². The molecule has 0 saturated carbocycles. The predicted molar refractivity (Wildman–Crippen MR) is 75.9 cm³/mol. The van der Waals surface area contributed by atoms with Crippen LogP contribution in [0.3, 0.4) is 0 Å². The molecule has 1 aliphatic heterocycles. The minimum atomic E-state index is 0.399. The second-order valence-electron chi connectivity index (χ2n) is 4.16. The van der Waals surface area contributed by atoms with E-state index in [-0.39, 0.29) is 0 Å². The molecule has 0 N–H and O–H groups in total. The number of nitrogens with zero attached hydrogens (tertiary/aromatic N) is 2. The van der Waals surface area contributed by atoms with Crippen LogP contribution in [0.15, 0.2) is 18.2 Å². The van der Waals surface area contributed by atoms with Gasteiger partial charge in [0.05, 0.1) is 34.5 Å². The van der Waals surface area contributed by atoms with Crippen molar-refractivity contribution in [2.45, 2.75) is 13.0 Å². The molecule has 3 rings (SSSR count). The third-order valence-corrected chi connectivity index (χ3v) is 3.90. The van der Waals surface area contributed by atoms with Crippen LogP contribution >= 0.6 is 34.8 Å². The summed E-state index contributed by atoms with van der Waals surface area (Å²) in [6, 6.07) is 5.28. The lowest BCUT2D eigenvalue weighted by Gasteiger charge is -2.17. The SMILES string of the molecule is Clc1cccc(Cl)c1-c1nc(Cl)c2c(n1)CCOC2. The van der Waals surface area contributed by atoms with Crippen LogP contribution in [0.4, 0.5) is 0 Å². The average Bonchev–Trinajstić information content (AvgIpc) is 2.38. The van der Waals surface area contributed by atoms with Gasteiger partial charge in [-0.25, -0.2) is 9.97 Å². The number of ether oxygens (including phenoxy) is 1. The molecule has 0 spiro atoms. The van der Waals surface area contributed by atoms with Crippen molar-refractivity contribution in [2.75, 3.05) is 6.61 Å². The van der Waals surface area contributed by atoms with Gasteiger partial charge in [-0.1, -0.05) is 40.9 Å². The largest absolute Gasteiger partial charge is 0.376 e. The Morgan fingerprint density at radius 2 is 1.79 bits per heavy atom. The van der Waals surface area contributed by atoms with Crippen molar-refractivity contribution in [3.05, 3.63) is 44.7 Å². The highest BCUT2D eigenvalue weighted by Gasteiger charge is 2.20. The van der Waals surface area contributed by atoms with Crippen LogP contribution in [0.5, 0.6) is 0 Å². The quantitative estimate of drug-likeness (QED) is 0.741. The molecule has 0 saturated heterocycles. The summed E-state index contributed by atoms with van der Waals surface area (Å²) < 4.78 is 5.35. The van der Waals surface area contributed by atoms with E-state index >= 15 is 0 Å². The smallest absolute Gasteiger partial charge is 0.164 e. The van der Waals surface area contributed by atoms with Gasteiger partial charge >= 0.3 is 0 Å². The first kappa shape index (κ1) is 13.1. The van der Waals surface area contributed by atoms with Gasteiger partial charge in [0, 0.05) is 12.0 Å². The summed E-state index contributed by atoms with van der Waals surface area (Å²) in [6.07, 6.45) is 0.715. The van der Waals surface area contributed by atoms with E-state index in [1.807, 2.05) is 0 Å². The van der Waals surface area contributed by atoms with Gasteiger partial charge in [-0.2, -0.15) is 0 Å². The van der Waals surface area contributed by atoms with Crippen molar-refractivity contribution >= 4 is 34.8 Å². The van der Waals surface area contributed by atoms with E-state index in [1.165, 1.54) is 0 Å². The van der Waals surface area contributed by atoms with Gasteiger partial charge < -0.3 is 4.74 Å². The van der Waals surface area contributed by atoms with Crippen LogP contribution in [-0.2, 0) is 17.8 Å². The van der Waals surface area contributed by atoms with Crippen LogP contribution in [0.2, 0.25) is 15.2 Å². The Labute approximate surface area is 125 Å². The maximum Gasteiger partial charge on any atom is 0.164 e. The van der Waals surface area contributed by atoms with E-state index in [9.17, 15) is 0 Å². The van der Waals surface area contributed by atoms with E-state index in [0.29, 0.717) is 46.2 Å². The number of rotatable bonds is 1. The molecule has 6 heteroatoms. The third kappa shape index (κ3) is 2.43. The van der Waals surface area contributed by atoms with E-state index in [4.69, 9.17) is 39.5 Å². The van der Waals surface area contributed by atoms with Crippen LogP contribution in [0, 0.1) is 0 Å². The molecule has 0 fully saturated rings. The Morgan fingerprint density at radius 1 is 1.05 bits per heavy atom. The van der Waals surface area contributed by atoms with Crippen LogP contribution in [0.25, 0.3) is 11.4 Å². The fraction of sp³-hybridized carbons (Fsp3) is 0.231. The Kier molecular flexibility index (Phi) is 3.63. The van der Waals surface area contributed by atoms with E-state index in [2.05, 4.69) is 9.97 Å². The Morgan fingerprint density at radius 3 is 2.53 bits per heavy atom. The van der Waals surface area contributed by atoms with Crippen molar-refractivity contribution in [3.8, 4) is 11.4 Å². The first-order chi connectivity index (χ1) is 9.16. The molecular weight excluding hydrogens is 307 g/mol. The highest BCUT2D eigenvalue weighted by molar-refractivity contribution is 6.39. The highest BCUT2D eigenvalue weighted by atomic mass is 35.5. The van der Waals surface area contributed by atoms with Gasteiger partial charge in [0.15, 0.2) is 5.82 Å². The molecule has 0 aliphatic carbocycles. The molecule has 1 aliphatic rings. The molecule has 1 aromatic carbocycles. The summed E-state index contributed by atoms with van der Waals surface area (Å²) in [5.74, 6) is 0.459. The maximum atomic E-state index is 6.18. The fourth-order valence-electron chi connectivity index (χ4n) is 2.02. The van der Waals surface area contributed by atoms with E-state index in [0.717, 1.165) is 11.3 Å². The summed E-state index contributed by atoms with van der Waals surface area (Å²) >= 11 is 18.5. The molecule has 0 amide bonds. The van der Waals surface area contributed by atoms with Gasteiger partial charge in [-0.15, -0.1) is 0 Å². The summed E-state index contributed by atoms with van der Waals surface area (Å²) in [5.41, 5.74) is 2.36. The highest BCUT2D eigenvalue weighted by Crippen LogP contribution is 2.34. The molecule has 19 heavy (non-hydrogen) atoms. The summed E-state index contributed by atoms with van der Waals surface area (Å²) in [7, 11) is 0. The average molecular weight is 316 g/mol. The zero-order chi connectivity index (χ0) is 13.4. The number of benzene rings is 1. The molecule has 0 atom stereocenters. The molecule has 0 bridgehead atoms. The molecule has 2 heterocycles. The number of aromatic nitrogens is 2. The predicted octanol–water partition coefficient (Wildman–Crippen LogP) is 4.18.